The number of aliphatic hydroxyl groups is 1. The molecule has 1 N–H and O–H groups in total. The molecule has 1 saturated heterocycles. The van der Waals surface area contributed by atoms with Crippen molar-refractivity contribution in [3.8, 4) is 0 Å². The van der Waals surface area contributed by atoms with E-state index in [-0.39, 0.29) is 12.5 Å². The number of piperidine rings is 1. The van der Waals surface area contributed by atoms with Gasteiger partial charge in [-0.3, -0.25) is 4.79 Å². The number of rotatable bonds is 5. The van der Waals surface area contributed by atoms with Crippen LogP contribution in [0.25, 0.3) is 0 Å². The summed E-state index contributed by atoms with van der Waals surface area (Å²) in [5.41, 5.74) is 1.22. The molecule has 2 rings (SSSR count). The number of carbonyl (C=O) groups excluding carboxylic acids is 1. The molecule has 116 valence electrons. The second kappa shape index (κ2) is 7.81. The predicted octanol–water partition coefficient (Wildman–Crippen LogP) is 3.14. The van der Waals surface area contributed by atoms with Crippen LogP contribution in [-0.4, -0.2) is 35.6 Å². The van der Waals surface area contributed by atoms with Gasteiger partial charge >= 0.3 is 0 Å². The maximum atomic E-state index is 12.3. The summed E-state index contributed by atoms with van der Waals surface area (Å²) in [5.74, 6) is 0.947. The van der Waals surface area contributed by atoms with Gasteiger partial charge in [-0.25, -0.2) is 0 Å². The molecule has 3 nitrogen and oxygen atoms in total. The number of nitrogens with zero attached hydrogens (tertiary/aromatic N) is 1. The van der Waals surface area contributed by atoms with Crippen LogP contribution in [0, 0.1) is 11.8 Å². The van der Waals surface area contributed by atoms with Gasteiger partial charge in [0, 0.05) is 31.1 Å². The van der Waals surface area contributed by atoms with Gasteiger partial charge in [0.1, 0.15) is 0 Å². The molecule has 1 unspecified atom stereocenters. The number of hydrogen-bond acceptors (Lipinski definition) is 2. The van der Waals surface area contributed by atoms with E-state index in [1.54, 1.807) is 0 Å². The lowest BCUT2D eigenvalue weighted by Crippen LogP contribution is -2.39. The Morgan fingerprint density at radius 1 is 1.33 bits per heavy atom. The van der Waals surface area contributed by atoms with E-state index in [0.29, 0.717) is 18.3 Å². The van der Waals surface area contributed by atoms with Crippen molar-refractivity contribution in [2.24, 2.45) is 11.8 Å². The highest BCUT2D eigenvalue weighted by molar-refractivity contribution is 6.30. The maximum absolute atomic E-state index is 12.3. The van der Waals surface area contributed by atoms with Crippen LogP contribution in [0.3, 0.4) is 0 Å². The number of likely N-dealkylation sites (tertiary alicyclic amines) is 1. The Morgan fingerprint density at radius 2 is 1.95 bits per heavy atom. The SMILES string of the molecule is CC(CC(=O)N1CCC(CO)CC1)Cc1ccc(Cl)cc1. The van der Waals surface area contributed by atoms with Crippen molar-refractivity contribution in [2.45, 2.75) is 32.6 Å². The number of aliphatic hydroxyl groups excluding tert-OH is 1. The van der Waals surface area contributed by atoms with Crippen molar-refractivity contribution < 1.29 is 9.90 Å². The van der Waals surface area contributed by atoms with E-state index < -0.39 is 0 Å². The minimum atomic E-state index is 0.243. The molecule has 0 bridgehead atoms. The number of halogens is 1. The summed E-state index contributed by atoms with van der Waals surface area (Å²) in [4.78, 5) is 14.2. The second-order valence-electron chi connectivity index (χ2n) is 6.15. The Hall–Kier alpha value is -1.06. The molecule has 0 aliphatic carbocycles. The van der Waals surface area contributed by atoms with Gasteiger partial charge in [0.2, 0.25) is 5.91 Å². The first-order chi connectivity index (χ1) is 10.1. The van der Waals surface area contributed by atoms with Crippen LogP contribution in [0.4, 0.5) is 0 Å². The predicted molar refractivity (Wildman–Crippen MR) is 85.3 cm³/mol. The van der Waals surface area contributed by atoms with Gasteiger partial charge in [0.15, 0.2) is 0 Å². The zero-order valence-electron chi connectivity index (χ0n) is 12.6. The zero-order chi connectivity index (χ0) is 15.2. The highest BCUT2D eigenvalue weighted by Crippen LogP contribution is 2.20. The average molecular weight is 310 g/mol. The van der Waals surface area contributed by atoms with E-state index in [1.807, 2.05) is 29.2 Å². The van der Waals surface area contributed by atoms with Gasteiger partial charge < -0.3 is 10.0 Å². The topological polar surface area (TPSA) is 40.5 Å². The number of carbonyl (C=O) groups is 1. The van der Waals surface area contributed by atoms with Crippen LogP contribution in [0.2, 0.25) is 5.02 Å². The van der Waals surface area contributed by atoms with E-state index in [0.717, 1.165) is 37.4 Å². The Labute approximate surface area is 131 Å². The number of benzene rings is 1. The molecular formula is C17H24ClNO2. The molecule has 1 aromatic rings. The highest BCUT2D eigenvalue weighted by Gasteiger charge is 2.23. The van der Waals surface area contributed by atoms with Gasteiger partial charge in [0.25, 0.3) is 0 Å². The van der Waals surface area contributed by atoms with E-state index in [1.165, 1.54) is 5.56 Å². The van der Waals surface area contributed by atoms with Gasteiger partial charge in [0.05, 0.1) is 0 Å². The third-order valence-corrected chi connectivity index (χ3v) is 4.50. The van der Waals surface area contributed by atoms with Crippen LogP contribution < -0.4 is 0 Å². The van der Waals surface area contributed by atoms with Crippen LogP contribution >= 0.6 is 11.6 Å². The van der Waals surface area contributed by atoms with Crippen molar-refractivity contribution in [3.63, 3.8) is 0 Å². The van der Waals surface area contributed by atoms with E-state index >= 15 is 0 Å². The summed E-state index contributed by atoms with van der Waals surface area (Å²) in [6.07, 6.45) is 3.34. The summed E-state index contributed by atoms with van der Waals surface area (Å²) in [6, 6.07) is 7.84. The Balaban J connectivity index is 1.78. The fourth-order valence-corrected chi connectivity index (χ4v) is 3.01. The fourth-order valence-electron chi connectivity index (χ4n) is 2.89. The van der Waals surface area contributed by atoms with Crippen molar-refractivity contribution in [2.75, 3.05) is 19.7 Å². The van der Waals surface area contributed by atoms with Crippen molar-refractivity contribution >= 4 is 17.5 Å². The third-order valence-electron chi connectivity index (χ3n) is 4.25. The molecule has 1 fully saturated rings. The Bertz CT molecular complexity index is 452. The smallest absolute Gasteiger partial charge is 0.222 e. The molecule has 0 aromatic heterocycles. The number of hydrogen-bond donors (Lipinski definition) is 1. The van der Waals surface area contributed by atoms with Crippen LogP contribution in [0.1, 0.15) is 31.7 Å². The molecule has 1 amide bonds. The standard InChI is InChI=1S/C17H24ClNO2/c1-13(10-14-2-4-16(18)5-3-14)11-17(21)19-8-6-15(12-20)7-9-19/h2-5,13,15,20H,6-12H2,1H3. The molecular weight excluding hydrogens is 286 g/mol. The first-order valence-corrected chi connectivity index (χ1v) is 8.09. The van der Waals surface area contributed by atoms with Crippen molar-refractivity contribution in [1.29, 1.82) is 0 Å². The largest absolute Gasteiger partial charge is 0.396 e. The van der Waals surface area contributed by atoms with Crippen LogP contribution in [-0.2, 0) is 11.2 Å². The van der Waals surface area contributed by atoms with E-state index in [2.05, 4.69) is 6.92 Å². The van der Waals surface area contributed by atoms with Gasteiger partial charge in [-0.15, -0.1) is 0 Å². The zero-order valence-corrected chi connectivity index (χ0v) is 13.4. The monoisotopic (exact) mass is 309 g/mol. The lowest BCUT2D eigenvalue weighted by atomic mass is 9.95. The highest BCUT2D eigenvalue weighted by atomic mass is 35.5. The van der Waals surface area contributed by atoms with E-state index in [9.17, 15) is 4.79 Å². The number of amides is 1. The molecule has 21 heavy (non-hydrogen) atoms. The molecule has 1 aromatic carbocycles. The van der Waals surface area contributed by atoms with Crippen LogP contribution in [0.15, 0.2) is 24.3 Å². The quantitative estimate of drug-likeness (QED) is 0.907. The summed E-state index contributed by atoms with van der Waals surface area (Å²) < 4.78 is 0. The summed E-state index contributed by atoms with van der Waals surface area (Å²) in [7, 11) is 0. The summed E-state index contributed by atoms with van der Waals surface area (Å²) in [5, 5.41) is 9.88. The second-order valence-corrected chi connectivity index (χ2v) is 6.58. The Morgan fingerprint density at radius 3 is 2.52 bits per heavy atom. The molecule has 1 heterocycles. The van der Waals surface area contributed by atoms with Crippen molar-refractivity contribution in [1.82, 2.24) is 4.90 Å². The molecule has 1 aliphatic heterocycles. The molecule has 0 saturated carbocycles. The van der Waals surface area contributed by atoms with Gasteiger partial charge in [-0.1, -0.05) is 30.7 Å². The van der Waals surface area contributed by atoms with Gasteiger partial charge in [-0.2, -0.15) is 0 Å². The fraction of sp³-hybridized carbons (Fsp3) is 0.588. The van der Waals surface area contributed by atoms with Crippen molar-refractivity contribution in [3.05, 3.63) is 34.9 Å². The molecule has 0 spiro atoms. The lowest BCUT2D eigenvalue weighted by molar-refractivity contribution is -0.133. The maximum Gasteiger partial charge on any atom is 0.222 e. The minimum Gasteiger partial charge on any atom is -0.396 e. The summed E-state index contributed by atoms with van der Waals surface area (Å²) in [6.45, 7) is 3.94. The summed E-state index contributed by atoms with van der Waals surface area (Å²) >= 11 is 5.88. The van der Waals surface area contributed by atoms with E-state index in [4.69, 9.17) is 16.7 Å². The first kappa shape index (κ1) is 16.3. The van der Waals surface area contributed by atoms with Gasteiger partial charge in [-0.05, 0) is 48.8 Å². The molecule has 4 heteroatoms. The molecule has 1 atom stereocenters. The third kappa shape index (κ3) is 5.01. The molecule has 0 radical (unpaired) electrons. The lowest BCUT2D eigenvalue weighted by Gasteiger charge is -2.31. The Kier molecular flexibility index (Phi) is 6.07. The normalized spacial score (nSPS) is 17.8. The van der Waals surface area contributed by atoms with Crippen LogP contribution in [0.5, 0.6) is 0 Å². The average Bonchev–Trinajstić information content (AvgIpc) is 2.49. The minimum absolute atomic E-state index is 0.243. The molecule has 1 aliphatic rings. The first-order valence-electron chi connectivity index (χ1n) is 7.71.